The van der Waals surface area contributed by atoms with Gasteiger partial charge in [-0.05, 0) is 0 Å². The van der Waals surface area contributed by atoms with Gasteiger partial charge in [-0.25, -0.2) is 0 Å². The van der Waals surface area contributed by atoms with Crippen LogP contribution in [0.4, 0.5) is 0 Å². The second-order valence-electron chi connectivity index (χ2n) is 3.28. The highest BCUT2D eigenvalue weighted by atomic mass is 32.2. The van der Waals surface area contributed by atoms with Crippen LogP contribution in [0.15, 0.2) is 11.1 Å². The molecule has 0 radical (unpaired) electrons. The molecule has 2 saturated heterocycles. The molecule has 2 heterocycles. The Kier molecular flexibility index (Phi) is 3.27. The number of amides is 2. The van der Waals surface area contributed by atoms with E-state index in [0.29, 0.717) is 37.1 Å². The Labute approximate surface area is 91.8 Å². The van der Waals surface area contributed by atoms with Crippen LogP contribution in [-0.2, 0) is 14.3 Å². The highest BCUT2D eigenvalue weighted by molar-refractivity contribution is 8.04. The van der Waals surface area contributed by atoms with Gasteiger partial charge < -0.3 is 15.0 Å². The maximum Gasteiger partial charge on any atom is 0.249 e. The zero-order chi connectivity index (χ0) is 10.7. The van der Waals surface area contributed by atoms with Crippen molar-refractivity contribution in [1.82, 2.24) is 10.2 Å². The summed E-state index contributed by atoms with van der Waals surface area (Å²) in [5, 5.41) is 3.28. The highest BCUT2D eigenvalue weighted by Gasteiger charge is 2.19. The number of rotatable bonds is 1. The summed E-state index contributed by atoms with van der Waals surface area (Å²) in [5.41, 5.74) is 0. The zero-order valence-corrected chi connectivity index (χ0v) is 9.01. The predicted octanol–water partition coefficient (Wildman–Crippen LogP) is -0.450. The van der Waals surface area contributed by atoms with E-state index < -0.39 is 0 Å². The Bertz CT molecular complexity index is 310. The lowest BCUT2D eigenvalue weighted by Crippen LogP contribution is -2.40. The second kappa shape index (κ2) is 4.67. The molecule has 0 unspecified atom stereocenters. The fraction of sp³-hybridized carbons (Fsp3) is 0.556. The van der Waals surface area contributed by atoms with Crippen LogP contribution in [0, 0.1) is 0 Å². The number of ether oxygens (including phenoxy) is 1. The van der Waals surface area contributed by atoms with Crippen molar-refractivity contribution < 1.29 is 14.3 Å². The molecule has 5 nitrogen and oxygen atoms in total. The van der Waals surface area contributed by atoms with E-state index in [-0.39, 0.29) is 11.8 Å². The molecular formula is C9H12N2O3S. The molecule has 2 fully saturated rings. The highest BCUT2D eigenvalue weighted by Crippen LogP contribution is 2.18. The first-order chi connectivity index (χ1) is 7.25. The lowest BCUT2D eigenvalue weighted by atomic mass is 10.4. The quantitative estimate of drug-likeness (QED) is 0.618. The molecule has 1 N–H and O–H groups in total. The Hall–Kier alpha value is -1.01. The molecule has 82 valence electrons. The second-order valence-corrected chi connectivity index (χ2v) is 4.30. The number of hydrogen-bond donors (Lipinski definition) is 1. The van der Waals surface area contributed by atoms with Crippen molar-refractivity contribution in [1.29, 1.82) is 0 Å². The van der Waals surface area contributed by atoms with Crippen LogP contribution in [0.1, 0.15) is 0 Å². The predicted molar refractivity (Wildman–Crippen MR) is 56.1 cm³/mol. The van der Waals surface area contributed by atoms with Crippen LogP contribution in [0.5, 0.6) is 0 Å². The van der Waals surface area contributed by atoms with Gasteiger partial charge in [0.15, 0.2) is 0 Å². The Morgan fingerprint density at radius 3 is 2.80 bits per heavy atom. The van der Waals surface area contributed by atoms with Gasteiger partial charge >= 0.3 is 0 Å². The molecule has 2 aliphatic heterocycles. The van der Waals surface area contributed by atoms with E-state index in [1.54, 1.807) is 4.90 Å². The summed E-state index contributed by atoms with van der Waals surface area (Å²) in [4.78, 5) is 24.3. The molecule has 15 heavy (non-hydrogen) atoms. The lowest BCUT2D eigenvalue weighted by Gasteiger charge is -2.25. The van der Waals surface area contributed by atoms with Gasteiger partial charge in [0, 0.05) is 19.2 Å². The molecule has 0 aliphatic carbocycles. The largest absolute Gasteiger partial charge is 0.378 e. The molecule has 2 amide bonds. The molecule has 2 rings (SSSR count). The van der Waals surface area contributed by atoms with E-state index in [1.165, 1.54) is 17.8 Å². The monoisotopic (exact) mass is 228 g/mol. The lowest BCUT2D eigenvalue weighted by molar-refractivity contribution is -0.130. The van der Waals surface area contributed by atoms with Crippen LogP contribution in [0.25, 0.3) is 0 Å². The van der Waals surface area contributed by atoms with Gasteiger partial charge in [0.2, 0.25) is 11.8 Å². The normalized spacial score (nSPS) is 24.4. The molecule has 0 atom stereocenters. The molecule has 0 aromatic carbocycles. The third-order valence-corrected chi connectivity index (χ3v) is 3.14. The SMILES string of the molecule is O=C1CS/C(=C\C(=O)N2CCOCC2)N1. The summed E-state index contributed by atoms with van der Waals surface area (Å²) in [6.07, 6.45) is 1.49. The van der Waals surface area contributed by atoms with Gasteiger partial charge in [-0.2, -0.15) is 0 Å². The van der Waals surface area contributed by atoms with Crippen molar-refractivity contribution in [2.24, 2.45) is 0 Å². The first-order valence-corrected chi connectivity index (χ1v) is 5.75. The topological polar surface area (TPSA) is 58.6 Å². The van der Waals surface area contributed by atoms with Crippen LogP contribution < -0.4 is 5.32 Å². The van der Waals surface area contributed by atoms with Crippen LogP contribution in [0.3, 0.4) is 0 Å². The minimum Gasteiger partial charge on any atom is -0.378 e. The van der Waals surface area contributed by atoms with Crippen molar-refractivity contribution in [3.05, 3.63) is 11.1 Å². The van der Waals surface area contributed by atoms with Crippen LogP contribution in [-0.4, -0.2) is 48.8 Å². The van der Waals surface area contributed by atoms with Crippen LogP contribution >= 0.6 is 11.8 Å². The number of morpholine rings is 1. The molecule has 0 spiro atoms. The van der Waals surface area contributed by atoms with Gasteiger partial charge in [0.05, 0.1) is 24.0 Å². The molecule has 6 heteroatoms. The third-order valence-electron chi connectivity index (χ3n) is 2.20. The summed E-state index contributed by atoms with van der Waals surface area (Å²) in [5.74, 6) is 0.311. The number of thioether (sulfide) groups is 1. The van der Waals surface area contributed by atoms with Crippen molar-refractivity contribution in [3.63, 3.8) is 0 Å². The van der Waals surface area contributed by atoms with Crippen LogP contribution in [0.2, 0.25) is 0 Å². The smallest absolute Gasteiger partial charge is 0.249 e. The average molecular weight is 228 g/mol. The van der Waals surface area contributed by atoms with E-state index in [1.807, 2.05) is 0 Å². The molecular weight excluding hydrogens is 216 g/mol. The van der Waals surface area contributed by atoms with Crippen molar-refractivity contribution >= 4 is 23.6 Å². The fourth-order valence-electron chi connectivity index (χ4n) is 1.42. The summed E-state index contributed by atoms with van der Waals surface area (Å²) in [6, 6.07) is 0. The first kappa shape index (κ1) is 10.5. The molecule has 2 aliphatic rings. The van der Waals surface area contributed by atoms with Gasteiger partial charge in [0.25, 0.3) is 0 Å². The summed E-state index contributed by atoms with van der Waals surface area (Å²) in [7, 11) is 0. The van der Waals surface area contributed by atoms with Gasteiger partial charge in [-0.3, -0.25) is 9.59 Å². The van der Waals surface area contributed by atoms with Gasteiger partial charge in [-0.1, -0.05) is 11.8 Å². The van der Waals surface area contributed by atoms with Gasteiger partial charge in [-0.15, -0.1) is 0 Å². The Morgan fingerprint density at radius 1 is 1.47 bits per heavy atom. The maximum atomic E-state index is 11.7. The Balaban J connectivity index is 1.93. The number of nitrogens with one attached hydrogen (secondary N) is 1. The number of nitrogens with zero attached hydrogens (tertiary/aromatic N) is 1. The van der Waals surface area contributed by atoms with E-state index in [4.69, 9.17) is 4.74 Å². The summed E-state index contributed by atoms with van der Waals surface area (Å²) < 4.78 is 5.15. The summed E-state index contributed by atoms with van der Waals surface area (Å²) in [6.45, 7) is 2.44. The summed E-state index contributed by atoms with van der Waals surface area (Å²) >= 11 is 1.36. The van der Waals surface area contributed by atoms with E-state index >= 15 is 0 Å². The minimum atomic E-state index is -0.0528. The van der Waals surface area contributed by atoms with Crippen molar-refractivity contribution in [2.75, 3.05) is 32.1 Å². The van der Waals surface area contributed by atoms with E-state index in [2.05, 4.69) is 5.32 Å². The maximum absolute atomic E-state index is 11.7. The van der Waals surface area contributed by atoms with E-state index in [9.17, 15) is 9.59 Å². The average Bonchev–Trinajstić information content (AvgIpc) is 2.65. The zero-order valence-electron chi connectivity index (χ0n) is 8.19. The van der Waals surface area contributed by atoms with Crippen molar-refractivity contribution in [3.8, 4) is 0 Å². The van der Waals surface area contributed by atoms with E-state index in [0.717, 1.165) is 0 Å². The molecule has 0 saturated carbocycles. The molecule has 0 bridgehead atoms. The first-order valence-electron chi connectivity index (χ1n) is 4.77. The number of carbonyl (C=O) groups excluding carboxylic acids is 2. The van der Waals surface area contributed by atoms with Crippen molar-refractivity contribution in [2.45, 2.75) is 0 Å². The number of carbonyl (C=O) groups is 2. The molecule has 0 aromatic rings. The fourth-order valence-corrected chi connectivity index (χ4v) is 2.15. The standard InChI is InChI=1S/C9H12N2O3S/c12-7-6-15-8(10-7)5-9(13)11-1-3-14-4-2-11/h5H,1-4,6H2,(H,10,12)/b8-5-. The molecule has 0 aromatic heterocycles. The third kappa shape index (κ3) is 2.73. The minimum absolute atomic E-state index is 0.0407. The number of hydrogen-bond acceptors (Lipinski definition) is 4. The Morgan fingerprint density at radius 2 is 2.20 bits per heavy atom. The van der Waals surface area contributed by atoms with Gasteiger partial charge in [0.1, 0.15) is 0 Å².